The van der Waals surface area contributed by atoms with Gasteiger partial charge in [-0.3, -0.25) is 9.78 Å². The zero-order valence-electron chi connectivity index (χ0n) is 14.2. The summed E-state index contributed by atoms with van der Waals surface area (Å²) in [5.74, 6) is 0.850. The Labute approximate surface area is 146 Å². The molecule has 0 bridgehead atoms. The number of ether oxygens (including phenoxy) is 1. The van der Waals surface area contributed by atoms with Gasteiger partial charge >= 0.3 is 0 Å². The van der Waals surface area contributed by atoms with Crippen molar-refractivity contribution in [2.24, 2.45) is 0 Å². The number of carbonyl (C=O) groups excluding carboxylic acids is 1. The van der Waals surface area contributed by atoms with Crippen molar-refractivity contribution in [2.75, 3.05) is 0 Å². The first kappa shape index (κ1) is 16.8. The molecule has 0 saturated carbocycles. The van der Waals surface area contributed by atoms with Gasteiger partial charge in [-0.1, -0.05) is 18.2 Å². The second kappa shape index (κ2) is 7.66. The van der Waals surface area contributed by atoms with Crippen LogP contribution in [0.3, 0.4) is 0 Å². The van der Waals surface area contributed by atoms with Gasteiger partial charge < -0.3 is 14.5 Å². The normalized spacial score (nSPS) is 11.8. The van der Waals surface area contributed by atoms with Crippen LogP contribution in [-0.2, 0) is 6.61 Å². The summed E-state index contributed by atoms with van der Waals surface area (Å²) < 4.78 is 11.0. The molecule has 3 rings (SSSR count). The lowest BCUT2D eigenvalue weighted by atomic mass is 10.1. The molecule has 25 heavy (non-hydrogen) atoms. The zero-order valence-corrected chi connectivity index (χ0v) is 14.2. The number of hydrogen-bond donors (Lipinski definition) is 1. The molecule has 1 atom stereocenters. The second-order valence-corrected chi connectivity index (χ2v) is 5.81. The molecule has 0 saturated heterocycles. The van der Waals surface area contributed by atoms with E-state index in [1.165, 1.54) is 6.26 Å². The van der Waals surface area contributed by atoms with Gasteiger partial charge in [0.25, 0.3) is 5.91 Å². The molecule has 2 heterocycles. The van der Waals surface area contributed by atoms with Crippen LogP contribution in [0.5, 0.6) is 5.75 Å². The van der Waals surface area contributed by atoms with Gasteiger partial charge in [0.2, 0.25) is 0 Å². The summed E-state index contributed by atoms with van der Waals surface area (Å²) in [6.07, 6.45) is 3.25. The fraction of sp³-hybridized carbons (Fsp3) is 0.200. The largest absolute Gasteiger partial charge is 0.487 e. The molecular formula is C20H20N2O3. The average molecular weight is 336 g/mol. The topological polar surface area (TPSA) is 64.4 Å². The number of furan rings is 1. The Morgan fingerprint density at radius 3 is 2.84 bits per heavy atom. The fourth-order valence-corrected chi connectivity index (χ4v) is 2.47. The SMILES string of the molecule is Cc1ccoc1C(=O)NC(C)c1cccc(OCc2ccccn2)c1. The Bertz CT molecular complexity index is 843. The molecule has 0 radical (unpaired) electrons. The number of nitrogens with one attached hydrogen (secondary N) is 1. The van der Waals surface area contributed by atoms with Crippen molar-refractivity contribution in [3.63, 3.8) is 0 Å². The molecule has 1 aromatic carbocycles. The van der Waals surface area contributed by atoms with Crippen LogP contribution in [0.1, 0.15) is 40.3 Å². The van der Waals surface area contributed by atoms with Crippen LogP contribution in [0, 0.1) is 6.92 Å². The van der Waals surface area contributed by atoms with Crippen molar-refractivity contribution in [1.29, 1.82) is 0 Å². The van der Waals surface area contributed by atoms with E-state index in [9.17, 15) is 4.79 Å². The van der Waals surface area contributed by atoms with Gasteiger partial charge in [0, 0.05) is 11.8 Å². The summed E-state index contributed by atoms with van der Waals surface area (Å²) in [4.78, 5) is 16.5. The number of carbonyl (C=O) groups is 1. The van der Waals surface area contributed by atoms with E-state index in [1.807, 2.05) is 56.3 Å². The third kappa shape index (κ3) is 4.26. The van der Waals surface area contributed by atoms with Crippen molar-refractivity contribution >= 4 is 5.91 Å². The van der Waals surface area contributed by atoms with Crippen molar-refractivity contribution in [2.45, 2.75) is 26.5 Å². The summed E-state index contributed by atoms with van der Waals surface area (Å²) >= 11 is 0. The molecule has 1 amide bonds. The molecule has 3 aromatic rings. The van der Waals surface area contributed by atoms with Crippen LogP contribution in [0.4, 0.5) is 0 Å². The molecule has 0 aliphatic rings. The van der Waals surface area contributed by atoms with Gasteiger partial charge in [0.15, 0.2) is 5.76 Å². The molecule has 128 valence electrons. The minimum atomic E-state index is -0.227. The maximum absolute atomic E-state index is 12.3. The predicted molar refractivity (Wildman–Crippen MR) is 94.3 cm³/mol. The van der Waals surface area contributed by atoms with Crippen LogP contribution in [0.2, 0.25) is 0 Å². The monoisotopic (exact) mass is 336 g/mol. The maximum Gasteiger partial charge on any atom is 0.287 e. The van der Waals surface area contributed by atoms with Gasteiger partial charge in [-0.15, -0.1) is 0 Å². The number of benzene rings is 1. The number of aryl methyl sites for hydroxylation is 1. The van der Waals surface area contributed by atoms with E-state index in [2.05, 4.69) is 10.3 Å². The highest BCUT2D eigenvalue weighted by Crippen LogP contribution is 2.21. The van der Waals surface area contributed by atoms with Crippen molar-refractivity contribution < 1.29 is 13.9 Å². The Balaban J connectivity index is 1.64. The van der Waals surface area contributed by atoms with Crippen LogP contribution in [0.15, 0.2) is 65.4 Å². The zero-order chi connectivity index (χ0) is 17.6. The van der Waals surface area contributed by atoms with Crippen LogP contribution in [0.25, 0.3) is 0 Å². The summed E-state index contributed by atoms with van der Waals surface area (Å²) in [6, 6.07) is 15.0. The quantitative estimate of drug-likeness (QED) is 0.737. The number of amides is 1. The fourth-order valence-electron chi connectivity index (χ4n) is 2.47. The third-order valence-electron chi connectivity index (χ3n) is 3.89. The van der Waals surface area contributed by atoms with Crippen molar-refractivity contribution in [3.8, 4) is 5.75 Å². The number of nitrogens with zero attached hydrogens (tertiary/aromatic N) is 1. The molecule has 5 nitrogen and oxygen atoms in total. The molecule has 0 spiro atoms. The van der Waals surface area contributed by atoms with E-state index in [0.717, 1.165) is 22.6 Å². The highest BCUT2D eigenvalue weighted by molar-refractivity contribution is 5.93. The lowest BCUT2D eigenvalue weighted by Crippen LogP contribution is -2.26. The predicted octanol–water partition coefficient (Wildman–Crippen LogP) is 4.05. The molecule has 0 fully saturated rings. The molecule has 0 aliphatic heterocycles. The van der Waals surface area contributed by atoms with Crippen molar-refractivity contribution in [1.82, 2.24) is 10.3 Å². The number of pyridine rings is 1. The smallest absolute Gasteiger partial charge is 0.287 e. The summed E-state index contributed by atoms with van der Waals surface area (Å²) in [7, 11) is 0. The molecule has 1 unspecified atom stereocenters. The number of rotatable bonds is 6. The van der Waals surface area contributed by atoms with Gasteiger partial charge in [0.05, 0.1) is 18.0 Å². The molecule has 2 aromatic heterocycles. The summed E-state index contributed by atoms with van der Waals surface area (Å²) in [5, 5.41) is 2.94. The average Bonchev–Trinajstić information content (AvgIpc) is 3.07. The van der Waals surface area contributed by atoms with Gasteiger partial charge in [-0.25, -0.2) is 0 Å². The third-order valence-corrected chi connectivity index (χ3v) is 3.89. The van der Waals surface area contributed by atoms with E-state index in [0.29, 0.717) is 12.4 Å². The number of aromatic nitrogens is 1. The standard InChI is InChI=1S/C20H20N2O3/c1-14-9-11-24-19(14)20(23)22-15(2)16-6-5-8-18(12-16)25-13-17-7-3-4-10-21-17/h3-12,15H,13H2,1-2H3,(H,22,23). The van der Waals surface area contributed by atoms with Gasteiger partial charge in [-0.2, -0.15) is 0 Å². The van der Waals surface area contributed by atoms with E-state index in [1.54, 1.807) is 12.3 Å². The number of hydrogen-bond acceptors (Lipinski definition) is 4. The van der Waals surface area contributed by atoms with Gasteiger partial charge in [0.1, 0.15) is 12.4 Å². The maximum atomic E-state index is 12.3. The Kier molecular flexibility index (Phi) is 5.14. The van der Waals surface area contributed by atoms with E-state index < -0.39 is 0 Å². The summed E-state index contributed by atoms with van der Waals surface area (Å²) in [6.45, 7) is 4.17. The minimum Gasteiger partial charge on any atom is -0.487 e. The van der Waals surface area contributed by atoms with E-state index in [4.69, 9.17) is 9.15 Å². The molecular weight excluding hydrogens is 316 g/mol. The van der Waals surface area contributed by atoms with Crippen LogP contribution < -0.4 is 10.1 Å². The van der Waals surface area contributed by atoms with E-state index >= 15 is 0 Å². The van der Waals surface area contributed by atoms with Gasteiger partial charge in [-0.05, 0) is 49.7 Å². The minimum absolute atomic E-state index is 0.171. The molecule has 1 N–H and O–H groups in total. The Morgan fingerprint density at radius 2 is 2.12 bits per heavy atom. The highest BCUT2D eigenvalue weighted by Gasteiger charge is 2.16. The lowest BCUT2D eigenvalue weighted by Gasteiger charge is -2.15. The highest BCUT2D eigenvalue weighted by atomic mass is 16.5. The molecule has 5 heteroatoms. The Hall–Kier alpha value is -3.08. The first-order valence-electron chi connectivity index (χ1n) is 8.11. The molecule has 0 aliphatic carbocycles. The first-order valence-corrected chi connectivity index (χ1v) is 8.11. The van der Waals surface area contributed by atoms with Crippen LogP contribution in [-0.4, -0.2) is 10.9 Å². The second-order valence-electron chi connectivity index (χ2n) is 5.81. The van der Waals surface area contributed by atoms with Crippen LogP contribution >= 0.6 is 0 Å². The van der Waals surface area contributed by atoms with Crippen molar-refractivity contribution in [3.05, 3.63) is 83.6 Å². The first-order chi connectivity index (χ1) is 12.1. The Morgan fingerprint density at radius 1 is 1.24 bits per heavy atom. The lowest BCUT2D eigenvalue weighted by molar-refractivity contribution is 0.0911. The van der Waals surface area contributed by atoms with E-state index in [-0.39, 0.29) is 11.9 Å². The summed E-state index contributed by atoms with van der Waals surface area (Å²) in [5.41, 5.74) is 2.63.